The van der Waals surface area contributed by atoms with Crippen molar-refractivity contribution >= 4 is 23.3 Å². The van der Waals surface area contributed by atoms with Crippen LogP contribution < -0.4 is 9.64 Å². The van der Waals surface area contributed by atoms with Gasteiger partial charge < -0.3 is 4.74 Å². The van der Waals surface area contributed by atoms with Gasteiger partial charge in [-0.25, -0.2) is 4.98 Å². The summed E-state index contributed by atoms with van der Waals surface area (Å²) in [4.78, 5) is 19.2. The highest BCUT2D eigenvalue weighted by Gasteiger charge is 2.25. The van der Waals surface area contributed by atoms with Crippen LogP contribution in [0.4, 0.5) is 5.82 Å². The van der Waals surface area contributed by atoms with Crippen LogP contribution in [0, 0.1) is 13.8 Å². The summed E-state index contributed by atoms with van der Waals surface area (Å²) in [6.45, 7) is 6.08. The van der Waals surface area contributed by atoms with Crippen LogP contribution >= 0.6 is 11.6 Å². The minimum atomic E-state index is -0.675. The summed E-state index contributed by atoms with van der Waals surface area (Å²) in [5, 5.41) is 0.610. The van der Waals surface area contributed by atoms with Crippen molar-refractivity contribution in [3.63, 3.8) is 0 Å². The smallest absolute Gasteiger partial charge is 0.269 e. The quantitative estimate of drug-likeness (QED) is 0.565. The Balaban J connectivity index is 1.86. The predicted molar refractivity (Wildman–Crippen MR) is 113 cm³/mol. The number of carbonyl (C=O) groups excluding carboxylic acids is 1. The van der Waals surface area contributed by atoms with Gasteiger partial charge in [0.05, 0.1) is 6.54 Å². The highest BCUT2D eigenvalue weighted by molar-refractivity contribution is 6.31. The van der Waals surface area contributed by atoms with Crippen LogP contribution in [0.5, 0.6) is 5.75 Å². The molecular formula is C23H23ClN2O2. The zero-order valence-corrected chi connectivity index (χ0v) is 17.0. The van der Waals surface area contributed by atoms with Crippen molar-refractivity contribution in [3.05, 3.63) is 88.6 Å². The molecule has 0 aliphatic carbocycles. The minimum Gasteiger partial charge on any atom is -0.481 e. The molecule has 5 heteroatoms. The number of rotatable bonds is 6. The van der Waals surface area contributed by atoms with E-state index in [9.17, 15) is 4.79 Å². The van der Waals surface area contributed by atoms with Gasteiger partial charge in [-0.15, -0.1) is 0 Å². The molecule has 3 aromatic rings. The number of hydrogen-bond acceptors (Lipinski definition) is 3. The van der Waals surface area contributed by atoms with Gasteiger partial charge in [-0.3, -0.25) is 9.69 Å². The maximum Gasteiger partial charge on any atom is 0.269 e. The van der Waals surface area contributed by atoms with Crippen molar-refractivity contribution in [2.75, 3.05) is 4.90 Å². The topological polar surface area (TPSA) is 42.4 Å². The average molecular weight is 395 g/mol. The summed E-state index contributed by atoms with van der Waals surface area (Å²) in [6, 6.07) is 18.9. The molecule has 2 aromatic carbocycles. The number of nitrogens with zero attached hydrogens (tertiary/aromatic N) is 2. The molecule has 0 saturated carbocycles. The molecule has 1 heterocycles. The van der Waals surface area contributed by atoms with Crippen LogP contribution in [-0.4, -0.2) is 17.0 Å². The van der Waals surface area contributed by atoms with Crippen LogP contribution in [0.15, 0.2) is 66.9 Å². The number of ether oxygens (including phenoxy) is 1. The number of halogens is 1. The van der Waals surface area contributed by atoms with Crippen molar-refractivity contribution < 1.29 is 9.53 Å². The molecule has 1 atom stereocenters. The van der Waals surface area contributed by atoms with E-state index in [2.05, 4.69) is 11.1 Å². The molecule has 144 valence electrons. The van der Waals surface area contributed by atoms with Crippen molar-refractivity contribution in [1.29, 1.82) is 0 Å². The van der Waals surface area contributed by atoms with Gasteiger partial charge in [-0.05, 0) is 67.8 Å². The molecule has 1 aromatic heterocycles. The van der Waals surface area contributed by atoms with E-state index in [1.807, 2.05) is 62.4 Å². The largest absolute Gasteiger partial charge is 0.481 e. The summed E-state index contributed by atoms with van der Waals surface area (Å²) < 4.78 is 5.96. The number of pyridine rings is 1. The van der Waals surface area contributed by atoms with Gasteiger partial charge in [0.15, 0.2) is 6.10 Å². The lowest BCUT2D eigenvalue weighted by Crippen LogP contribution is -2.40. The molecule has 1 amide bonds. The van der Waals surface area contributed by atoms with Crippen LogP contribution in [-0.2, 0) is 11.3 Å². The second kappa shape index (κ2) is 8.89. The van der Waals surface area contributed by atoms with Crippen LogP contribution in [0.2, 0.25) is 5.02 Å². The third-order valence-corrected chi connectivity index (χ3v) is 4.70. The fraction of sp³-hybridized carbons (Fsp3) is 0.217. The Kier molecular flexibility index (Phi) is 6.32. The Morgan fingerprint density at radius 2 is 1.75 bits per heavy atom. The molecule has 3 rings (SSSR count). The molecule has 0 spiro atoms. The van der Waals surface area contributed by atoms with Crippen molar-refractivity contribution in [1.82, 2.24) is 4.98 Å². The standard InChI is InChI=1S/C23H23ClN2O2/c1-16-12-17(2)14-20(13-16)28-18(3)23(27)26(22-10-6-7-11-25-22)15-19-8-4-5-9-21(19)24/h4-14,18H,15H2,1-3H3/t18-/m1/s1. The first kappa shape index (κ1) is 19.9. The fourth-order valence-corrected chi connectivity index (χ4v) is 3.25. The Morgan fingerprint density at radius 1 is 1.07 bits per heavy atom. The van der Waals surface area contributed by atoms with Gasteiger partial charge in [0.25, 0.3) is 5.91 Å². The lowest BCUT2D eigenvalue weighted by molar-refractivity contribution is -0.124. The van der Waals surface area contributed by atoms with Gasteiger partial charge >= 0.3 is 0 Å². The summed E-state index contributed by atoms with van der Waals surface area (Å²) in [5.41, 5.74) is 3.03. The first-order valence-electron chi connectivity index (χ1n) is 9.15. The second-order valence-corrected chi connectivity index (χ2v) is 7.19. The van der Waals surface area contributed by atoms with E-state index in [4.69, 9.17) is 16.3 Å². The number of amides is 1. The summed E-state index contributed by atoms with van der Waals surface area (Å²) >= 11 is 6.32. The number of carbonyl (C=O) groups is 1. The average Bonchev–Trinajstić information content (AvgIpc) is 2.66. The van der Waals surface area contributed by atoms with Gasteiger partial charge in [-0.2, -0.15) is 0 Å². The van der Waals surface area contributed by atoms with Gasteiger partial charge in [0, 0.05) is 11.2 Å². The molecule has 0 aliphatic heterocycles. The molecule has 0 radical (unpaired) electrons. The lowest BCUT2D eigenvalue weighted by Gasteiger charge is -2.26. The van der Waals surface area contributed by atoms with E-state index in [0.29, 0.717) is 23.1 Å². The molecule has 0 unspecified atom stereocenters. The van der Waals surface area contributed by atoms with Gasteiger partial charge in [0.1, 0.15) is 11.6 Å². The summed E-state index contributed by atoms with van der Waals surface area (Å²) in [7, 11) is 0. The third-order valence-electron chi connectivity index (χ3n) is 4.33. The van der Waals surface area contributed by atoms with Gasteiger partial charge in [0.2, 0.25) is 0 Å². The van der Waals surface area contributed by atoms with E-state index in [1.165, 1.54) is 0 Å². The van der Waals surface area contributed by atoms with Crippen LogP contribution in [0.3, 0.4) is 0 Å². The van der Waals surface area contributed by atoms with E-state index in [-0.39, 0.29) is 5.91 Å². The molecule has 0 bridgehead atoms. The zero-order valence-electron chi connectivity index (χ0n) is 16.2. The van der Waals surface area contributed by atoms with Crippen LogP contribution in [0.1, 0.15) is 23.6 Å². The van der Waals surface area contributed by atoms with E-state index >= 15 is 0 Å². The molecule has 28 heavy (non-hydrogen) atoms. The summed E-state index contributed by atoms with van der Waals surface area (Å²) in [5.74, 6) is 1.05. The van der Waals surface area contributed by atoms with E-state index in [1.54, 1.807) is 24.1 Å². The highest BCUT2D eigenvalue weighted by Crippen LogP contribution is 2.23. The first-order valence-corrected chi connectivity index (χ1v) is 9.52. The molecule has 4 nitrogen and oxygen atoms in total. The molecule has 0 N–H and O–H groups in total. The lowest BCUT2D eigenvalue weighted by atomic mass is 10.1. The maximum atomic E-state index is 13.3. The number of aryl methyl sites for hydroxylation is 2. The predicted octanol–water partition coefficient (Wildman–Crippen LogP) is 5.35. The Bertz CT molecular complexity index is 940. The molecule has 0 fully saturated rings. The number of hydrogen-bond donors (Lipinski definition) is 0. The van der Waals surface area contributed by atoms with E-state index in [0.717, 1.165) is 16.7 Å². The third kappa shape index (κ3) is 4.90. The maximum absolute atomic E-state index is 13.3. The van der Waals surface area contributed by atoms with Crippen molar-refractivity contribution in [2.45, 2.75) is 33.4 Å². The SMILES string of the molecule is Cc1cc(C)cc(O[C@H](C)C(=O)N(Cc2ccccc2Cl)c2ccccn2)c1. The fourth-order valence-electron chi connectivity index (χ4n) is 3.06. The number of benzene rings is 2. The highest BCUT2D eigenvalue weighted by atomic mass is 35.5. The monoisotopic (exact) mass is 394 g/mol. The molecule has 0 aliphatic rings. The minimum absolute atomic E-state index is 0.183. The molecule has 0 saturated heterocycles. The normalized spacial score (nSPS) is 11.7. The van der Waals surface area contributed by atoms with E-state index < -0.39 is 6.10 Å². The first-order chi connectivity index (χ1) is 13.4. The zero-order chi connectivity index (χ0) is 20.1. The van der Waals surface area contributed by atoms with Crippen molar-refractivity contribution in [3.8, 4) is 5.75 Å². The number of anilines is 1. The van der Waals surface area contributed by atoms with Gasteiger partial charge in [-0.1, -0.05) is 41.9 Å². The Hall–Kier alpha value is -2.85. The van der Waals surface area contributed by atoms with Crippen molar-refractivity contribution in [2.24, 2.45) is 0 Å². The summed E-state index contributed by atoms with van der Waals surface area (Å²) in [6.07, 6.45) is 0.989. The number of aromatic nitrogens is 1. The molecular weight excluding hydrogens is 372 g/mol. The second-order valence-electron chi connectivity index (χ2n) is 6.79. The Labute approximate surface area is 170 Å². The Morgan fingerprint density at radius 3 is 2.39 bits per heavy atom. The van der Waals surface area contributed by atoms with Crippen LogP contribution in [0.25, 0.3) is 0 Å².